The van der Waals surface area contributed by atoms with E-state index in [2.05, 4.69) is 38.5 Å². The Morgan fingerprint density at radius 2 is 1.59 bits per heavy atom. The van der Waals surface area contributed by atoms with Gasteiger partial charge in [-0.15, -0.1) is 0 Å². The molecule has 0 aliphatic heterocycles. The molecule has 0 saturated carbocycles. The molecular weight excluding hydrogens is 474 g/mol. The second-order valence-corrected chi connectivity index (χ2v) is 7.56. The zero-order chi connectivity index (χ0) is 25.8. The number of nitrogens with one attached hydrogen (secondary N) is 4. The van der Waals surface area contributed by atoms with Gasteiger partial charge in [0, 0.05) is 30.5 Å². The number of nitrogens with zero attached hydrogens (tertiary/aromatic N) is 1. The molecule has 4 unspecified atom stereocenters. The van der Waals surface area contributed by atoms with Crippen LogP contribution in [0, 0.1) is 0 Å². The Labute approximate surface area is 198 Å². The molecule has 10 N–H and O–H groups in total. The summed E-state index contributed by atoms with van der Waals surface area (Å²) >= 11 is 3.85. The van der Waals surface area contributed by atoms with Gasteiger partial charge in [-0.3, -0.25) is 24.0 Å². The van der Waals surface area contributed by atoms with Crippen LogP contribution in [-0.4, -0.2) is 85.7 Å². The standard InChI is InChI=1S/C18H27N7O8S/c19-9(4-14(27)28)15(29)24-11(3-8-5-21-7-22-8)17(31)23-10(1-2-13(20)26)16(30)25-12(6-34)18(32)33/h5,7,9-12,34H,1-4,6,19H2,(H2,20,26)(H,21,22)(H,23,31)(H,24,29)(H,25,30)(H,27,28)(H,32,33). The van der Waals surface area contributed by atoms with Crippen LogP contribution in [0.2, 0.25) is 0 Å². The second kappa shape index (κ2) is 13.8. The van der Waals surface area contributed by atoms with E-state index in [1.165, 1.54) is 12.5 Å². The fourth-order valence-electron chi connectivity index (χ4n) is 2.67. The number of carbonyl (C=O) groups excluding carboxylic acids is 4. The molecule has 0 aliphatic carbocycles. The number of primary amides is 1. The van der Waals surface area contributed by atoms with Gasteiger partial charge in [0.2, 0.25) is 23.6 Å². The van der Waals surface area contributed by atoms with Crippen LogP contribution in [0.4, 0.5) is 0 Å². The van der Waals surface area contributed by atoms with Gasteiger partial charge < -0.3 is 42.6 Å². The number of hydrogen-bond acceptors (Lipinski definition) is 9. The highest BCUT2D eigenvalue weighted by Crippen LogP contribution is 2.05. The van der Waals surface area contributed by atoms with Crippen molar-refractivity contribution >= 4 is 48.2 Å². The Morgan fingerprint density at radius 1 is 1.00 bits per heavy atom. The summed E-state index contributed by atoms with van der Waals surface area (Å²) in [6.07, 6.45) is 1.33. The molecule has 1 heterocycles. The number of amides is 4. The van der Waals surface area contributed by atoms with Crippen LogP contribution in [0.1, 0.15) is 25.0 Å². The number of carboxylic acid groups (broad SMARTS) is 2. The van der Waals surface area contributed by atoms with Crippen molar-refractivity contribution < 1.29 is 39.0 Å². The Morgan fingerprint density at radius 3 is 2.09 bits per heavy atom. The summed E-state index contributed by atoms with van der Waals surface area (Å²) in [5.41, 5.74) is 11.1. The predicted octanol–water partition coefficient (Wildman–Crippen LogP) is -3.51. The molecule has 1 rings (SSSR count). The number of imidazole rings is 1. The van der Waals surface area contributed by atoms with Crippen LogP contribution in [0.15, 0.2) is 12.5 Å². The van der Waals surface area contributed by atoms with Crippen molar-refractivity contribution in [2.45, 2.75) is 49.9 Å². The monoisotopic (exact) mass is 501 g/mol. The minimum atomic E-state index is -1.45. The van der Waals surface area contributed by atoms with E-state index in [1.807, 2.05) is 0 Å². The molecule has 0 fully saturated rings. The highest BCUT2D eigenvalue weighted by Gasteiger charge is 2.31. The lowest BCUT2D eigenvalue weighted by molar-refractivity contribution is -0.141. The Balaban J connectivity index is 3.05. The molecule has 0 radical (unpaired) electrons. The number of hydrogen-bond donors (Lipinski definition) is 9. The van der Waals surface area contributed by atoms with Gasteiger partial charge in [-0.2, -0.15) is 12.6 Å². The van der Waals surface area contributed by atoms with Crippen LogP contribution >= 0.6 is 12.6 Å². The number of H-pyrrole nitrogens is 1. The quantitative estimate of drug-likeness (QED) is 0.107. The molecule has 1 aromatic rings. The predicted molar refractivity (Wildman–Crippen MR) is 118 cm³/mol. The van der Waals surface area contributed by atoms with Crippen molar-refractivity contribution in [3.8, 4) is 0 Å². The van der Waals surface area contributed by atoms with Crippen molar-refractivity contribution in [3.05, 3.63) is 18.2 Å². The number of rotatable bonds is 15. The molecule has 0 saturated heterocycles. The van der Waals surface area contributed by atoms with Gasteiger partial charge in [-0.1, -0.05) is 0 Å². The average molecular weight is 502 g/mol. The fourth-order valence-corrected chi connectivity index (χ4v) is 2.92. The highest BCUT2D eigenvalue weighted by atomic mass is 32.1. The van der Waals surface area contributed by atoms with Gasteiger partial charge in [0.1, 0.15) is 18.1 Å². The maximum Gasteiger partial charge on any atom is 0.327 e. The van der Waals surface area contributed by atoms with E-state index in [4.69, 9.17) is 21.7 Å². The zero-order valence-electron chi connectivity index (χ0n) is 17.9. The minimum absolute atomic E-state index is 0.129. The SMILES string of the molecule is NC(=O)CCC(NC(=O)C(Cc1cnc[nH]1)NC(=O)C(N)CC(=O)O)C(=O)NC(CS)C(=O)O. The lowest BCUT2D eigenvalue weighted by atomic mass is 10.1. The van der Waals surface area contributed by atoms with E-state index in [0.29, 0.717) is 5.69 Å². The van der Waals surface area contributed by atoms with Crippen molar-refractivity contribution in [1.29, 1.82) is 0 Å². The minimum Gasteiger partial charge on any atom is -0.481 e. The van der Waals surface area contributed by atoms with Crippen molar-refractivity contribution in [3.63, 3.8) is 0 Å². The van der Waals surface area contributed by atoms with Crippen molar-refractivity contribution in [2.24, 2.45) is 11.5 Å². The number of carboxylic acids is 2. The molecule has 34 heavy (non-hydrogen) atoms. The fraction of sp³-hybridized carbons (Fsp3) is 0.500. The third kappa shape index (κ3) is 9.86. The Hall–Kier alpha value is -3.66. The van der Waals surface area contributed by atoms with Gasteiger partial charge in [-0.25, -0.2) is 9.78 Å². The van der Waals surface area contributed by atoms with Crippen molar-refractivity contribution in [1.82, 2.24) is 25.9 Å². The van der Waals surface area contributed by atoms with Gasteiger partial charge in [0.25, 0.3) is 0 Å². The number of carbonyl (C=O) groups is 6. The smallest absolute Gasteiger partial charge is 0.327 e. The molecule has 0 spiro atoms. The molecule has 188 valence electrons. The second-order valence-electron chi connectivity index (χ2n) is 7.19. The third-order valence-corrected chi connectivity index (χ3v) is 4.82. The van der Waals surface area contributed by atoms with Crippen LogP contribution in [0.25, 0.3) is 0 Å². The number of aromatic nitrogens is 2. The first-order chi connectivity index (χ1) is 15.9. The topological polar surface area (TPSA) is 260 Å². The summed E-state index contributed by atoms with van der Waals surface area (Å²) in [6, 6.07) is -5.51. The van der Waals surface area contributed by atoms with Crippen LogP contribution in [0.5, 0.6) is 0 Å². The number of thiol groups is 1. The van der Waals surface area contributed by atoms with Crippen LogP contribution < -0.4 is 27.4 Å². The first kappa shape index (κ1) is 28.4. The van der Waals surface area contributed by atoms with E-state index >= 15 is 0 Å². The maximum absolute atomic E-state index is 13.0. The number of nitrogens with two attached hydrogens (primary N) is 2. The largest absolute Gasteiger partial charge is 0.481 e. The Kier molecular flexibility index (Phi) is 11.5. The molecular formula is C18H27N7O8S. The van der Waals surface area contributed by atoms with Crippen LogP contribution in [-0.2, 0) is 35.2 Å². The third-order valence-electron chi connectivity index (χ3n) is 4.45. The highest BCUT2D eigenvalue weighted by molar-refractivity contribution is 7.80. The summed E-state index contributed by atoms with van der Waals surface area (Å²) in [5.74, 6) is -6.41. The van der Waals surface area contributed by atoms with Gasteiger partial charge >= 0.3 is 11.9 Å². The van der Waals surface area contributed by atoms with E-state index < -0.39 is 66.2 Å². The van der Waals surface area contributed by atoms with Gasteiger partial charge in [0.05, 0.1) is 18.8 Å². The number of aromatic amines is 1. The normalized spacial score (nSPS) is 14.2. The number of aliphatic carboxylic acids is 2. The molecule has 15 nitrogen and oxygen atoms in total. The van der Waals surface area contributed by atoms with E-state index in [-0.39, 0.29) is 25.0 Å². The average Bonchev–Trinajstić information content (AvgIpc) is 3.26. The first-order valence-corrected chi connectivity index (χ1v) is 10.6. The molecule has 1 aromatic heterocycles. The summed E-state index contributed by atoms with van der Waals surface area (Å²) in [6.45, 7) is 0. The first-order valence-electron chi connectivity index (χ1n) is 9.92. The molecule has 0 aliphatic rings. The van der Waals surface area contributed by atoms with Crippen LogP contribution in [0.3, 0.4) is 0 Å². The van der Waals surface area contributed by atoms with Gasteiger partial charge in [0.15, 0.2) is 0 Å². The molecule has 16 heteroatoms. The zero-order valence-corrected chi connectivity index (χ0v) is 18.8. The Bertz CT molecular complexity index is 895. The summed E-state index contributed by atoms with van der Waals surface area (Å²) in [5, 5.41) is 24.8. The van der Waals surface area contributed by atoms with E-state index in [0.717, 1.165) is 0 Å². The maximum atomic E-state index is 13.0. The van der Waals surface area contributed by atoms with E-state index in [9.17, 15) is 28.8 Å². The van der Waals surface area contributed by atoms with E-state index in [1.54, 1.807) is 0 Å². The lowest BCUT2D eigenvalue weighted by Crippen LogP contribution is -2.58. The van der Waals surface area contributed by atoms with Crippen molar-refractivity contribution in [2.75, 3.05) is 5.75 Å². The summed E-state index contributed by atoms with van der Waals surface area (Å²) < 4.78 is 0. The molecule has 0 bridgehead atoms. The summed E-state index contributed by atoms with van der Waals surface area (Å²) in [7, 11) is 0. The molecule has 0 aromatic carbocycles. The summed E-state index contributed by atoms with van der Waals surface area (Å²) in [4.78, 5) is 77.6. The lowest BCUT2D eigenvalue weighted by Gasteiger charge is -2.24. The molecule has 4 amide bonds. The molecule has 4 atom stereocenters. The van der Waals surface area contributed by atoms with Gasteiger partial charge in [-0.05, 0) is 6.42 Å².